The van der Waals surface area contributed by atoms with Crippen LogP contribution in [-0.4, -0.2) is 21.4 Å². The van der Waals surface area contributed by atoms with Crippen LogP contribution in [0.3, 0.4) is 0 Å². The summed E-state index contributed by atoms with van der Waals surface area (Å²) in [5, 5.41) is 2.83. The van der Waals surface area contributed by atoms with Crippen LogP contribution in [0.4, 0.5) is 20.4 Å². The first-order valence-electron chi connectivity index (χ1n) is 8.92. The van der Waals surface area contributed by atoms with Gasteiger partial charge in [0, 0.05) is 43.9 Å². The van der Waals surface area contributed by atoms with Crippen molar-refractivity contribution in [3.63, 3.8) is 0 Å². The number of hydrogen-bond acceptors (Lipinski definition) is 4. The molecule has 2 heterocycles. The molecule has 6 heteroatoms. The monoisotopic (exact) mass is 366 g/mol. The molecule has 4 rings (SSSR count). The normalized spacial score (nSPS) is 14.0. The van der Waals surface area contributed by atoms with E-state index in [4.69, 9.17) is 0 Å². The Balaban J connectivity index is 1.47. The molecule has 1 aliphatic rings. The van der Waals surface area contributed by atoms with Crippen LogP contribution < -0.4 is 5.32 Å². The number of benzene rings is 2. The van der Waals surface area contributed by atoms with E-state index in [0.29, 0.717) is 5.95 Å². The Morgan fingerprint density at radius 1 is 1.15 bits per heavy atom. The van der Waals surface area contributed by atoms with Crippen LogP contribution in [0.2, 0.25) is 0 Å². The third-order valence-corrected chi connectivity index (χ3v) is 4.85. The lowest BCUT2D eigenvalue weighted by Gasteiger charge is -2.28. The molecule has 0 saturated carbocycles. The Kier molecular flexibility index (Phi) is 4.81. The van der Waals surface area contributed by atoms with Gasteiger partial charge < -0.3 is 5.32 Å². The molecule has 1 aromatic heterocycles. The van der Waals surface area contributed by atoms with Gasteiger partial charge in [0.25, 0.3) is 0 Å². The number of hydrogen-bond donors (Lipinski definition) is 1. The Bertz CT molecular complexity index is 974. The average Bonchev–Trinajstić information content (AvgIpc) is 2.66. The van der Waals surface area contributed by atoms with Crippen LogP contribution in [0.15, 0.2) is 48.7 Å². The van der Waals surface area contributed by atoms with Gasteiger partial charge >= 0.3 is 0 Å². The van der Waals surface area contributed by atoms with Gasteiger partial charge in [-0.25, -0.2) is 18.7 Å². The highest BCUT2D eigenvalue weighted by Crippen LogP contribution is 2.23. The molecule has 3 aromatic rings. The molecule has 0 amide bonds. The number of rotatable bonds is 4. The Morgan fingerprint density at radius 2 is 2.00 bits per heavy atom. The van der Waals surface area contributed by atoms with Crippen LogP contribution in [0, 0.1) is 18.6 Å². The standard InChI is InChI=1S/C21H20F2N4/c1-14-4-2-3-5-15(14)12-27-9-8-19-16(13-27)11-24-21(25-19)26-20-7-6-17(22)10-18(20)23/h2-7,10-11H,8-9,12-13H2,1H3,(H,24,25,26). The van der Waals surface area contributed by atoms with Gasteiger partial charge in [0.1, 0.15) is 11.6 Å². The lowest BCUT2D eigenvalue weighted by Crippen LogP contribution is -2.31. The molecule has 0 fully saturated rings. The summed E-state index contributed by atoms with van der Waals surface area (Å²) >= 11 is 0. The molecule has 27 heavy (non-hydrogen) atoms. The van der Waals surface area contributed by atoms with Gasteiger partial charge in [0.05, 0.1) is 11.4 Å². The fraction of sp³-hybridized carbons (Fsp3) is 0.238. The number of anilines is 2. The number of halogens is 2. The van der Waals surface area contributed by atoms with Crippen LogP contribution in [0.25, 0.3) is 0 Å². The second kappa shape index (κ2) is 7.40. The number of fused-ring (bicyclic) bond motifs is 1. The van der Waals surface area contributed by atoms with E-state index in [9.17, 15) is 8.78 Å². The first-order valence-corrected chi connectivity index (χ1v) is 8.92. The Labute approximate surface area is 156 Å². The van der Waals surface area contributed by atoms with Crippen molar-refractivity contribution in [2.24, 2.45) is 0 Å². The van der Waals surface area contributed by atoms with Crippen molar-refractivity contribution in [3.05, 3.63) is 82.7 Å². The molecular formula is C21H20F2N4. The first-order chi connectivity index (χ1) is 13.1. The second-order valence-electron chi connectivity index (χ2n) is 6.80. The summed E-state index contributed by atoms with van der Waals surface area (Å²) < 4.78 is 26.8. The zero-order valence-corrected chi connectivity index (χ0v) is 15.0. The molecule has 0 saturated heterocycles. The molecule has 0 aliphatic carbocycles. The van der Waals surface area contributed by atoms with E-state index in [0.717, 1.165) is 43.4 Å². The van der Waals surface area contributed by atoms with E-state index in [-0.39, 0.29) is 5.69 Å². The van der Waals surface area contributed by atoms with E-state index >= 15 is 0 Å². The van der Waals surface area contributed by atoms with E-state index < -0.39 is 11.6 Å². The summed E-state index contributed by atoms with van der Waals surface area (Å²) in [7, 11) is 0. The number of aryl methyl sites for hydroxylation is 1. The quantitative estimate of drug-likeness (QED) is 0.745. The predicted octanol–water partition coefficient (Wildman–Crippen LogP) is 4.37. The maximum atomic E-state index is 13.8. The molecule has 1 aliphatic heterocycles. The van der Waals surface area contributed by atoms with Crippen molar-refractivity contribution in [1.29, 1.82) is 0 Å². The predicted molar refractivity (Wildman–Crippen MR) is 101 cm³/mol. The van der Waals surface area contributed by atoms with Gasteiger partial charge in [-0.1, -0.05) is 24.3 Å². The highest BCUT2D eigenvalue weighted by Gasteiger charge is 2.19. The van der Waals surface area contributed by atoms with E-state index in [2.05, 4.69) is 51.4 Å². The average molecular weight is 366 g/mol. The molecule has 2 aromatic carbocycles. The van der Waals surface area contributed by atoms with Crippen molar-refractivity contribution in [2.45, 2.75) is 26.4 Å². The summed E-state index contributed by atoms with van der Waals surface area (Å²) in [6.07, 6.45) is 2.60. The molecule has 0 unspecified atom stereocenters. The van der Waals surface area contributed by atoms with Crippen molar-refractivity contribution >= 4 is 11.6 Å². The van der Waals surface area contributed by atoms with Gasteiger partial charge in [-0.15, -0.1) is 0 Å². The van der Waals surface area contributed by atoms with Crippen molar-refractivity contribution in [1.82, 2.24) is 14.9 Å². The minimum absolute atomic E-state index is 0.160. The zero-order chi connectivity index (χ0) is 18.8. The number of aromatic nitrogens is 2. The van der Waals surface area contributed by atoms with E-state index in [1.807, 2.05) is 0 Å². The molecule has 1 N–H and O–H groups in total. The fourth-order valence-electron chi connectivity index (χ4n) is 3.31. The van der Waals surface area contributed by atoms with Crippen LogP contribution in [0.1, 0.15) is 22.4 Å². The molecule has 4 nitrogen and oxygen atoms in total. The number of nitrogens with zero attached hydrogens (tertiary/aromatic N) is 3. The van der Waals surface area contributed by atoms with E-state index in [1.54, 1.807) is 6.20 Å². The highest BCUT2D eigenvalue weighted by atomic mass is 19.1. The summed E-state index contributed by atoms with van der Waals surface area (Å²) in [6, 6.07) is 11.8. The molecule has 0 radical (unpaired) electrons. The number of nitrogens with one attached hydrogen (secondary N) is 1. The van der Waals surface area contributed by atoms with E-state index in [1.165, 1.54) is 23.3 Å². The van der Waals surface area contributed by atoms with Gasteiger partial charge in [0.2, 0.25) is 5.95 Å². The summed E-state index contributed by atoms with van der Waals surface area (Å²) in [5.74, 6) is -0.953. The first kappa shape index (κ1) is 17.5. The highest BCUT2D eigenvalue weighted by molar-refractivity contribution is 5.54. The van der Waals surface area contributed by atoms with Gasteiger partial charge in [-0.05, 0) is 30.2 Å². The minimum Gasteiger partial charge on any atom is -0.322 e. The van der Waals surface area contributed by atoms with Crippen molar-refractivity contribution < 1.29 is 8.78 Å². The maximum Gasteiger partial charge on any atom is 0.227 e. The van der Waals surface area contributed by atoms with Crippen LogP contribution in [-0.2, 0) is 19.5 Å². The second-order valence-corrected chi connectivity index (χ2v) is 6.80. The van der Waals surface area contributed by atoms with Gasteiger partial charge in [0.15, 0.2) is 0 Å². The Hall–Kier alpha value is -2.86. The Morgan fingerprint density at radius 3 is 2.81 bits per heavy atom. The molecular weight excluding hydrogens is 346 g/mol. The van der Waals surface area contributed by atoms with Crippen molar-refractivity contribution in [2.75, 3.05) is 11.9 Å². The smallest absolute Gasteiger partial charge is 0.227 e. The molecule has 0 atom stereocenters. The SMILES string of the molecule is Cc1ccccc1CN1CCc2nc(Nc3ccc(F)cc3F)ncc2C1. The van der Waals surface area contributed by atoms with Gasteiger partial charge in [-0.3, -0.25) is 4.90 Å². The molecule has 138 valence electrons. The third-order valence-electron chi connectivity index (χ3n) is 4.85. The van der Waals surface area contributed by atoms with Crippen LogP contribution in [0.5, 0.6) is 0 Å². The zero-order valence-electron chi connectivity index (χ0n) is 15.0. The molecule has 0 spiro atoms. The lowest BCUT2D eigenvalue weighted by atomic mass is 10.0. The van der Waals surface area contributed by atoms with Crippen molar-refractivity contribution in [3.8, 4) is 0 Å². The van der Waals surface area contributed by atoms with Crippen LogP contribution >= 0.6 is 0 Å². The maximum absolute atomic E-state index is 13.8. The van der Waals surface area contributed by atoms with Gasteiger partial charge in [-0.2, -0.15) is 0 Å². The fourth-order valence-corrected chi connectivity index (χ4v) is 3.31. The minimum atomic E-state index is -0.666. The molecule has 0 bridgehead atoms. The largest absolute Gasteiger partial charge is 0.322 e. The summed E-state index contributed by atoms with van der Waals surface area (Å²) in [5.41, 5.74) is 4.83. The summed E-state index contributed by atoms with van der Waals surface area (Å²) in [4.78, 5) is 11.2. The third kappa shape index (κ3) is 3.95. The lowest BCUT2D eigenvalue weighted by molar-refractivity contribution is 0.242. The topological polar surface area (TPSA) is 41.1 Å². The summed E-state index contributed by atoms with van der Waals surface area (Å²) in [6.45, 7) is 4.72.